The van der Waals surface area contributed by atoms with E-state index in [0.717, 1.165) is 31.1 Å². The van der Waals surface area contributed by atoms with Gasteiger partial charge in [0.05, 0.1) is 6.10 Å². The molecule has 0 heterocycles. The van der Waals surface area contributed by atoms with Crippen LogP contribution in [0.2, 0.25) is 0 Å². The van der Waals surface area contributed by atoms with Crippen LogP contribution < -0.4 is 0 Å². The SMILES string of the molecule is COCO[C@H]1CC[C@H]2[C@@H]3C=CC4=CC(=O)CC[C@@H]4[C@H]3CC[C@]12C. The normalized spacial score (nSPS) is 45.2. The van der Waals surface area contributed by atoms with E-state index in [1.807, 2.05) is 6.08 Å². The van der Waals surface area contributed by atoms with Crippen molar-refractivity contribution in [2.45, 2.75) is 51.6 Å². The van der Waals surface area contributed by atoms with Crippen LogP contribution in [0.5, 0.6) is 0 Å². The van der Waals surface area contributed by atoms with E-state index >= 15 is 0 Å². The lowest BCUT2D eigenvalue weighted by Gasteiger charge is -2.51. The Morgan fingerprint density at radius 3 is 2.96 bits per heavy atom. The molecule has 0 spiro atoms. The van der Waals surface area contributed by atoms with Gasteiger partial charge in [0.25, 0.3) is 0 Å². The number of ether oxygens (including phenoxy) is 2. The highest BCUT2D eigenvalue weighted by Gasteiger charge is 2.55. The Morgan fingerprint density at radius 2 is 2.13 bits per heavy atom. The molecule has 0 aromatic carbocycles. The Kier molecular flexibility index (Phi) is 3.97. The predicted octanol–water partition coefficient (Wildman–Crippen LogP) is 3.89. The third-order valence-electron chi connectivity index (χ3n) is 7.17. The van der Waals surface area contributed by atoms with Gasteiger partial charge in [-0.2, -0.15) is 0 Å². The average Bonchev–Trinajstić information content (AvgIpc) is 2.89. The summed E-state index contributed by atoms with van der Waals surface area (Å²) in [5.74, 6) is 3.05. The van der Waals surface area contributed by atoms with E-state index in [1.54, 1.807) is 7.11 Å². The van der Waals surface area contributed by atoms with Gasteiger partial charge in [-0.15, -0.1) is 0 Å². The number of methoxy groups -OCH3 is 1. The summed E-state index contributed by atoms with van der Waals surface area (Å²) in [5, 5.41) is 0. The van der Waals surface area contributed by atoms with Crippen molar-refractivity contribution in [3.63, 3.8) is 0 Å². The molecule has 0 radical (unpaired) electrons. The van der Waals surface area contributed by atoms with Crippen LogP contribution in [0, 0.1) is 29.1 Å². The van der Waals surface area contributed by atoms with E-state index in [9.17, 15) is 4.79 Å². The van der Waals surface area contributed by atoms with Gasteiger partial charge in [0.15, 0.2) is 5.78 Å². The Hall–Kier alpha value is -0.930. The third kappa shape index (κ3) is 2.44. The largest absolute Gasteiger partial charge is 0.359 e. The van der Waals surface area contributed by atoms with Gasteiger partial charge in [0, 0.05) is 13.5 Å². The van der Waals surface area contributed by atoms with Crippen LogP contribution in [0.15, 0.2) is 23.8 Å². The molecule has 0 amide bonds. The van der Waals surface area contributed by atoms with Crippen molar-refractivity contribution in [1.82, 2.24) is 0 Å². The second-order valence-corrected chi connectivity index (χ2v) is 8.15. The summed E-state index contributed by atoms with van der Waals surface area (Å²) in [5.41, 5.74) is 1.59. The summed E-state index contributed by atoms with van der Waals surface area (Å²) in [6.07, 6.45) is 13.7. The molecule has 0 aromatic heterocycles. The fourth-order valence-electron chi connectivity index (χ4n) is 6.03. The van der Waals surface area contributed by atoms with Gasteiger partial charge in [-0.25, -0.2) is 0 Å². The lowest BCUT2D eigenvalue weighted by atomic mass is 9.54. The molecule has 2 saturated carbocycles. The van der Waals surface area contributed by atoms with Crippen LogP contribution in [0.25, 0.3) is 0 Å². The maximum absolute atomic E-state index is 11.7. The van der Waals surface area contributed by atoms with E-state index in [1.165, 1.54) is 24.8 Å². The Balaban J connectivity index is 1.59. The molecule has 0 saturated heterocycles. The molecule has 0 aliphatic heterocycles. The first-order chi connectivity index (χ1) is 11.1. The summed E-state index contributed by atoms with van der Waals surface area (Å²) in [6.45, 7) is 2.85. The van der Waals surface area contributed by atoms with Crippen molar-refractivity contribution in [1.29, 1.82) is 0 Å². The second-order valence-electron chi connectivity index (χ2n) is 8.15. The number of carbonyl (C=O) groups excluding carboxylic acids is 1. The molecule has 2 fully saturated rings. The summed E-state index contributed by atoms with van der Waals surface area (Å²) in [4.78, 5) is 11.7. The van der Waals surface area contributed by atoms with E-state index in [2.05, 4.69) is 19.1 Å². The highest BCUT2D eigenvalue weighted by atomic mass is 16.7. The molecule has 3 nitrogen and oxygen atoms in total. The summed E-state index contributed by atoms with van der Waals surface area (Å²) in [7, 11) is 1.70. The molecule has 3 heteroatoms. The van der Waals surface area contributed by atoms with E-state index in [4.69, 9.17) is 9.47 Å². The van der Waals surface area contributed by atoms with Crippen LogP contribution in [0.3, 0.4) is 0 Å². The van der Waals surface area contributed by atoms with Crippen molar-refractivity contribution in [2.75, 3.05) is 13.9 Å². The summed E-state index contributed by atoms with van der Waals surface area (Å²) >= 11 is 0. The van der Waals surface area contributed by atoms with Gasteiger partial charge in [-0.1, -0.05) is 19.1 Å². The lowest BCUT2D eigenvalue weighted by Crippen LogP contribution is -2.46. The number of rotatable bonds is 3. The Morgan fingerprint density at radius 1 is 1.26 bits per heavy atom. The van der Waals surface area contributed by atoms with Gasteiger partial charge in [0.1, 0.15) is 6.79 Å². The van der Waals surface area contributed by atoms with E-state index in [-0.39, 0.29) is 5.41 Å². The molecule has 0 bridgehead atoms. The molecule has 0 aromatic rings. The zero-order valence-corrected chi connectivity index (χ0v) is 14.3. The molecular weight excluding hydrogens is 288 g/mol. The molecule has 6 atom stereocenters. The van der Waals surface area contributed by atoms with Crippen molar-refractivity contribution < 1.29 is 14.3 Å². The first-order valence-corrected chi connectivity index (χ1v) is 9.16. The minimum Gasteiger partial charge on any atom is -0.359 e. The number of hydrogen-bond donors (Lipinski definition) is 0. The maximum Gasteiger partial charge on any atom is 0.155 e. The summed E-state index contributed by atoms with van der Waals surface area (Å²) in [6, 6.07) is 0. The minimum absolute atomic E-state index is 0.287. The van der Waals surface area contributed by atoms with Gasteiger partial charge in [-0.05, 0) is 72.8 Å². The van der Waals surface area contributed by atoms with E-state index in [0.29, 0.717) is 30.5 Å². The van der Waals surface area contributed by atoms with Crippen LogP contribution >= 0.6 is 0 Å². The average molecular weight is 316 g/mol. The first-order valence-electron chi connectivity index (χ1n) is 9.16. The van der Waals surface area contributed by atoms with Gasteiger partial charge >= 0.3 is 0 Å². The Labute approximate surface area is 139 Å². The maximum atomic E-state index is 11.7. The molecule has 4 aliphatic carbocycles. The topological polar surface area (TPSA) is 35.5 Å². The number of fused-ring (bicyclic) bond motifs is 5. The molecule has 126 valence electrons. The van der Waals surface area contributed by atoms with Gasteiger partial charge in [-0.3, -0.25) is 4.79 Å². The zero-order chi connectivity index (χ0) is 16.0. The van der Waals surface area contributed by atoms with Crippen LogP contribution in [-0.4, -0.2) is 25.8 Å². The van der Waals surface area contributed by atoms with Crippen molar-refractivity contribution in [3.8, 4) is 0 Å². The predicted molar refractivity (Wildman–Crippen MR) is 88.7 cm³/mol. The van der Waals surface area contributed by atoms with Crippen molar-refractivity contribution in [3.05, 3.63) is 23.8 Å². The zero-order valence-electron chi connectivity index (χ0n) is 14.3. The molecular formula is C20H28O3. The molecule has 4 rings (SSSR count). The molecule has 23 heavy (non-hydrogen) atoms. The van der Waals surface area contributed by atoms with Crippen LogP contribution in [0.4, 0.5) is 0 Å². The Bertz CT molecular complexity index is 549. The minimum atomic E-state index is 0.287. The first kappa shape index (κ1) is 15.6. The van der Waals surface area contributed by atoms with Crippen molar-refractivity contribution >= 4 is 5.78 Å². The quantitative estimate of drug-likeness (QED) is 0.741. The molecule has 4 aliphatic rings. The number of allylic oxidation sites excluding steroid dienone is 4. The number of hydrogen-bond acceptors (Lipinski definition) is 3. The standard InChI is InChI=1S/C20H28O3/c1-20-10-9-16-15-6-4-14(21)11-13(15)3-5-17(16)18(20)7-8-19(20)23-12-22-2/h3,5,11,15-19H,4,6-10,12H2,1-2H3/t15-,16+,17+,18-,19-,20-/m0/s1. The van der Waals surface area contributed by atoms with Gasteiger partial charge < -0.3 is 9.47 Å². The fourth-order valence-corrected chi connectivity index (χ4v) is 6.03. The molecule has 0 unspecified atom stereocenters. The smallest absolute Gasteiger partial charge is 0.155 e. The monoisotopic (exact) mass is 316 g/mol. The second kappa shape index (κ2) is 5.86. The molecule has 0 N–H and O–H groups in total. The summed E-state index contributed by atoms with van der Waals surface area (Å²) < 4.78 is 11.2. The van der Waals surface area contributed by atoms with Crippen LogP contribution in [0.1, 0.15) is 45.4 Å². The fraction of sp³-hybridized carbons (Fsp3) is 0.750. The highest BCUT2D eigenvalue weighted by Crippen LogP contribution is 2.60. The lowest BCUT2D eigenvalue weighted by molar-refractivity contribution is -0.127. The number of ketones is 1. The van der Waals surface area contributed by atoms with E-state index < -0.39 is 0 Å². The third-order valence-corrected chi connectivity index (χ3v) is 7.17. The van der Waals surface area contributed by atoms with Crippen molar-refractivity contribution in [2.24, 2.45) is 29.1 Å². The van der Waals surface area contributed by atoms with Gasteiger partial charge in [0.2, 0.25) is 0 Å². The van der Waals surface area contributed by atoms with Crippen LogP contribution in [-0.2, 0) is 14.3 Å². The number of carbonyl (C=O) groups is 1. The highest BCUT2D eigenvalue weighted by molar-refractivity contribution is 5.91.